The van der Waals surface area contributed by atoms with Gasteiger partial charge in [-0.05, 0) is 48.1 Å². The van der Waals surface area contributed by atoms with Gasteiger partial charge in [0.25, 0.3) is 0 Å². The third kappa shape index (κ3) is 3.32. The summed E-state index contributed by atoms with van der Waals surface area (Å²) in [5, 5.41) is 15.1. The number of carbonyl (C=O) groups is 2. The highest BCUT2D eigenvalue weighted by molar-refractivity contribution is 5.84. The summed E-state index contributed by atoms with van der Waals surface area (Å²) in [7, 11) is 0. The van der Waals surface area contributed by atoms with E-state index in [0.717, 1.165) is 30.2 Å². The third-order valence-electron chi connectivity index (χ3n) is 6.39. The van der Waals surface area contributed by atoms with Gasteiger partial charge in [-0.1, -0.05) is 42.8 Å². The first-order valence-corrected chi connectivity index (χ1v) is 9.72. The van der Waals surface area contributed by atoms with Crippen LogP contribution in [0.3, 0.4) is 0 Å². The number of fused-ring (bicyclic) bond motifs is 2. The van der Waals surface area contributed by atoms with E-state index in [1.54, 1.807) is 0 Å². The zero-order chi connectivity index (χ0) is 19.0. The number of amides is 1. The molecule has 2 N–H and O–H groups in total. The molecule has 2 fully saturated rings. The van der Waals surface area contributed by atoms with Crippen LogP contribution in [0, 0.1) is 11.3 Å². The van der Waals surface area contributed by atoms with Gasteiger partial charge in [0, 0.05) is 13.1 Å². The van der Waals surface area contributed by atoms with Gasteiger partial charge < -0.3 is 10.4 Å². The zero-order valence-electron chi connectivity index (χ0n) is 15.6. The van der Waals surface area contributed by atoms with Crippen molar-refractivity contribution in [1.82, 2.24) is 10.2 Å². The highest BCUT2D eigenvalue weighted by Crippen LogP contribution is 2.48. The number of hydrogen-bond acceptors (Lipinski definition) is 3. The summed E-state index contributed by atoms with van der Waals surface area (Å²) >= 11 is 0. The lowest BCUT2D eigenvalue weighted by Crippen LogP contribution is -2.40. The molecule has 2 aromatic carbocycles. The van der Waals surface area contributed by atoms with Crippen LogP contribution in [0.25, 0.3) is 10.8 Å². The number of benzene rings is 2. The predicted octanol–water partition coefficient (Wildman–Crippen LogP) is 3.20. The molecule has 27 heavy (non-hydrogen) atoms. The number of nitrogens with zero attached hydrogens (tertiary/aromatic N) is 1. The van der Waals surface area contributed by atoms with Gasteiger partial charge in [-0.2, -0.15) is 0 Å². The minimum Gasteiger partial charge on any atom is -0.481 e. The van der Waals surface area contributed by atoms with Crippen molar-refractivity contribution in [3.63, 3.8) is 0 Å². The van der Waals surface area contributed by atoms with E-state index in [1.165, 1.54) is 5.39 Å². The molecule has 0 aromatic heterocycles. The molecule has 1 saturated carbocycles. The van der Waals surface area contributed by atoms with E-state index in [-0.39, 0.29) is 24.4 Å². The molecule has 0 spiro atoms. The van der Waals surface area contributed by atoms with Gasteiger partial charge in [0.2, 0.25) is 5.91 Å². The largest absolute Gasteiger partial charge is 0.481 e. The molecular weight excluding hydrogens is 340 g/mol. The van der Waals surface area contributed by atoms with Crippen LogP contribution in [0.4, 0.5) is 0 Å². The first kappa shape index (κ1) is 18.0. The van der Waals surface area contributed by atoms with Crippen molar-refractivity contribution in [2.24, 2.45) is 11.3 Å². The van der Waals surface area contributed by atoms with Crippen molar-refractivity contribution in [3.8, 4) is 0 Å². The third-order valence-corrected chi connectivity index (χ3v) is 6.39. The Morgan fingerprint density at radius 2 is 2.04 bits per heavy atom. The lowest BCUT2D eigenvalue weighted by Gasteiger charge is -2.23. The first-order valence-electron chi connectivity index (χ1n) is 9.72. The van der Waals surface area contributed by atoms with E-state index in [2.05, 4.69) is 29.6 Å². The first-order chi connectivity index (χ1) is 13.0. The minimum absolute atomic E-state index is 0.0452. The molecule has 1 aliphatic carbocycles. The van der Waals surface area contributed by atoms with E-state index >= 15 is 0 Å². The molecule has 5 heteroatoms. The van der Waals surface area contributed by atoms with E-state index in [1.807, 2.05) is 30.0 Å². The van der Waals surface area contributed by atoms with Crippen LogP contribution in [-0.2, 0) is 9.59 Å². The molecule has 0 radical (unpaired) electrons. The average molecular weight is 366 g/mol. The SMILES string of the molecule is CC(NC(=O)CN1C[C@@H]2CCC[C@@]2(C(=O)O)C1)c1ccc2ccccc2c1. The van der Waals surface area contributed by atoms with Gasteiger partial charge in [-0.3, -0.25) is 14.5 Å². The van der Waals surface area contributed by atoms with Gasteiger partial charge in [-0.25, -0.2) is 0 Å². The predicted molar refractivity (Wildman–Crippen MR) is 104 cm³/mol. The van der Waals surface area contributed by atoms with E-state index in [9.17, 15) is 14.7 Å². The Hall–Kier alpha value is -2.40. The summed E-state index contributed by atoms with van der Waals surface area (Å²) in [4.78, 5) is 26.3. The van der Waals surface area contributed by atoms with E-state index in [0.29, 0.717) is 13.1 Å². The Bertz CT molecular complexity index is 881. The summed E-state index contributed by atoms with van der Waals surface area (Å²) in [6.45, 7) is 3.46. The van der Waals surface area contributed by atoms with Crippen LogP contribution in [0.5, 0.6) is 0 Å². The van der Waals surface area contributed by atoms with Crippen LogP contribution < -0.4 is 5.32 Å². The quantitative estimate of drug-likeness (QED) is 0.853. The maximum Gasteiger partial charge on any atom is 0.311 e. The molecule has 2 aromatic rings. The van der Waals surface area contributed by atoms with Crippen molar-refractivity contribution >= 4 is 22.6 Å². The standard InChI is InChI=1S/C22H26N2O3/c1-15(17-9-8-16-5-2-3-6-18(16)11-17)23-20(25)13-24-12-19-7-4-10-22(19,14-24)21(26)27/h2-3,5-6,8-9,11,15,19H,4,7,10,12-14H2,1H3,(H,23,25)(H,26,27)/t15?,19-,22+/m0/s1. The summed E-state index contributed by atoms with van der Waals surface area (Å²) < 4.78 is 0. The number of carboxylic acid groups (broad SMARTS) is 1. The van der Waals surface area contributed by atoms with Crippen LogP contribution in [0.2, 0.25) is 0 Å². The molecule has 3 atom stereocenters. The van der Waals surface area contributed by atoms with Gasteiger partial charge >= 0.3 is 5.97 Å². The molecule has 0 bridgehead atoms. The number of likely N-dealkylation sites (tertiary alicyclic amines) is 1. The second kappa shape index (κ2) is 6.97. The zero-order valence-corrected chi connectivity index (χ0v) is 15.6. The molecular formula is C22H26N2O3. The number of aliphatic carboxylic acids is 1. The van der Waals surface area contributed by atoms with Gasteiger partial charge in [-0.15, -0.1) is 0 Å². The van der Waals surface area contributed by atoms with Gasteiger partial charge in [0.15, 0.2) is 0 Å². The van der Waals surface area contributed by atoms with Crippen LogP contribution in [0.1, 0.15) is 37.8 Å². The van der Waals surface area contributed by atoms with Crippen molar-refractivity contribution in [2.45, 2.75) is 32.2 Å². The smallest absolute Gasteiger partial charge is 0.311 e. The molecule has 5 nitrogen and oxygen atoms in total. The van der Waals surface area contributed by atoms with E-state index < -0.39 is 11.4 Å². The lowest BCUT2D eigenvalue weighted by molar-refractivity contribution is -0.149. The second-order valence-electron chi connectivity index (χ2n) is 8.12. The maximum atomic E-state index is 12.5. The summed E-state index contributed by atoms with van der Waals surface area (Å²) in [5.74, 6) is -0.561. The number of carbonyl (C=O) groups excluding carboxylic acids is 1. The van der Waals surface area contributed by atoms with Crippen LogP contribution in [-0.4, -0.2) is 41.5 Å². The Morgan fingerprint density at radius 3 is 2.78 bits per heavy atom. The molecule has 2 aliphatic rings. The molecule has 4 rings (SSSR count). The van der Waals surface area contributed by atoms with Crippen LogP contribution in [0.15, 0.2) is 42.5 Å². The topological polar surface area (TPSA) is 69.6 Å². The Balaban J connectivity index is 1.38. The second-order valence-corrected chi connectivity index (χ2v) is 8.12. The Morgan fingerprint density at radius 1 is 1.26 bits per heavy atom. The highest BCUT2D eigenvalue weighted by Gasteiger charge is 2.54. The normalized spacial score (nSPS) is 26.0. The fourth-order valence-corrected chi connectivity index (χ4v) is 4.91. The molecule has 142 valence electrons. The fraction of sp³-hybridized carbons (Fsp3) is 0.455. The summed E-state index contributed by atoms with van der Waals surface area (Å²) in [6, 6.07) is 14.3. The van der Waals surface area contributed by atoms with E-state index in [4.69, 9.17) is 0 Å². The number of carboxylic acids is 1. The monoisotopic (exact) mass is 366 g/mol. The summed E-state index contributed by atoms with van der Waals surface area (Å²) in [5.41, 5.74) is 0.437. The Kier molecular flexibility index (Phi) is 4.64. The van der Waals surface area contributed by atoms with Crippen molar-refractivity contribution < 1.29 is 14.7 Å². The van der Waals surface area contributed by atoms with Crippen molar-refractivity contribution in [3.05, 3.63) is 48.0 Å². The molecule has 1 amide bonds. The number of hydrogen-bond donors (Lipinski definition) is 2. The Labute approximate surface area is 159 Å². The minimum atomic E-state index is -0.697. The van der Waals surface area contributed by atoms with Crippen LogP contribution >= 0.6 is 0 Å². The van der Waals surface area contributed by atoms with Gasteiger partial charge in [0.05, 0.1) is 18.0 Å². The molecule has 1 saturated heterocycles. The molecule has 1 unspecified atom stereocenters. The average Bonchev–Trinajstić information content (AvgIpc) is 3.19. The maximum absolute atomic E-state index is 12.5. The van der Waals surface area contributed by atoms with Gasteiger partial charge in [0.1, 0.15) is 0 Å². The fourth-order valence-electron chi connectivity index (χ4n) is 4.91. The highest BCUT2D eigenvalue weighted by atomic mass is 16.4. The van der Waals surface area contributed by atoms with Crippen molar-refractivity contribution in [2.75, 3.05) is 19.6 Å². The number of rotatable bonds is 5. The van der Waals surface area contributed by atoms with Crippen molar-refractivity contribution in [1.29, 1.82) is 0 Å². The number of nitrogens with one attached hydrogen (secondary N) is 1. The summed E-state index contributed by atoms with van der Waals surface area (Å²) in [6.07, 6.45) is 2.67. The molecule has 1 heterocycles. The lowest BCUT2D eigenvalue weighted by atomic mass is 9.81. The molecule has 1 aliphatic heterocycles.